The summed E-state index contributed by atoms with van der Waals surface area (Å²) in [5.74, 6) is 1.48. The largest absolute Gasteiger partial charge is 0.334 e. The maximum absolute atomic E-state index is 13.3. The van der Waals surface area contributed by atoms with Crippen LogP contribution in [0.1, 0.15) is 24.8 Å². The highest BCUT2D eigenvalue weighted by Gasteiger charge is 2.15. The molecule has 0 spiro atoms. The number of nitrogens with zero attached hydrogens (tertiary/aromatic N) is 2. The van der Waals surface area contributed by atoms with Crippen LogP contribution in [0.25, 0.3) is 22.3 Å². The molecule has 27 heavy (non-hydrogen) atoms. The molecule has 5 heteroatoms. The van der Waals surface area contributed by atoms with Gasteiger partial charge in [0.15, 0.2) is 5.82 Å². The molecule has 0 amide bonds. The molecule has 3 aromatic rings. The summed E-state index contributed by atoms with van der Waals surface area (Å²) in [6.45, 7) is 5.85. The zero-order chi connectivity index (χ0) is 18.6. The van der Waals surface area contributed by atoms with Crippen molar-refractivity contribution in [2.24, 2.45) is 0 Å². The lowest BCUT2D eigenvalue weighted by Crippen LogP contribution is -3.13. The van der Waals surface area contributed by atoms with E-state index < -0.39 is 0 Å². The quantitative estimate of drug-likeness (QED) is 0.536. The predicted molar refractivity (Wildman–Crippen MR) is 110 cm³/mol. The van der Waals surface area contributed by atoms with Crippen molar-refractivity contribution in [1.29, 1.82) is 0 Å². The van der Waals surface area contributed by atoms with E-state index in [0.29, 0.717) is 5.82 Å². The second-order valence-corrected chi connectivity index (χ2v) is 8.32. The number of fused-ring (bicyclic) bond motifs is 1. The van der Waals surface area contributed by atoms with Crippen LogP contribution in [-0.4, -0.2) is 35.4 Å². The van der Waals surface area contributed by atoms with Crippen LogP contribution in [0.2, 0.25) is 0 Å². The summed E-state index contributed by atoms with van der Waals surface area (Å²) in [5.41, 5.74) is 2.98. The Morgan fingerprint density at radius 1 is 1.00 bits per heavy atom. The predicted octanol–water partition coefficient (Wildman–Crippen LogP) is 3.91. The van der Waals surface area contributed by atoms with Gasteiger partial charge >= 0.3 is 0 Å². The molecular weight excluding hydrogens is 357 g/mol. The molecule has 3 nitrogen and oxygen atoms in total. The molecule has 2 aromatic carbocycles. The Morgan fingerprint density at radius 3 is 2.56 bits per heavy atom. The standard InChI is InChI=1S/C22H24FN3S/c1-16-6-5-7-19-20(16)24-21(17-8-10-18(23)11-9-17)25-22(19)27-15-14-26-12-3-2-4-13-26/h5-11H,2-4,12-15H2,1H3/p+1. The lowest BCUT2D eigenvalue weighted by Gasteiger charge is -2.23. The van der Waals surface area contributed by atoms with Crippen molar-refractivity contribution < 1.29 is 9.29 Å². The van der Waals surface area contributed by atoms with Crippen molar-refractivity contribution in [1.82, 2.24) is 9.97 Å². The number of para-hydroxylation sites is 1. The van der Waals surface area contributed by atoms with Crippen LogP contribution < -0.4 is 4.90 Å². The van der Waals surface area contributed by atoms with Crippen LogP contribution in [0.4, 0.5) is 4.39 Å². The first-order valence-electron chi connectivity index (χ1n) is 9.70. The maximum atomic E-state index is 13.3. The number of likely N-dealkylation sites (tertiary alicyclic amines) is 1. The molecule has 0 unspecified atom stereocenters. The van der Waals surface area contributed by atoms with Gasteiger partial charge < -0.3 is 4.90 Å². The van der Waals surface area contributed by atoms with E-state index in [0.717, 1.165) is 32.8 Å². The lowest BCUT2D eigenvalue weighted by atomic mass is 10.1. The summed E-state index contributed by atoms with van der Waals surface area (Å²) in [6, 6.07) is 12.7. The number of rotatable bonds is 5. The third-order valence-electron chi connectivity index (χ3n) is 5.25. The maximum Gasteiger partial charge on any atom is 0.161 e. The third-order valence-corrected chi connectivity index (χ3v) is 6.24. The molecule has 1 aliphatic heterocycles. The van der Waals surface area contributed by atoms with Gasteiger partial charge in [0.2, 0.25) is 0 Å². The highest BCUT2D eigenvalue weighted by Crippen LogP contribution is 2.29. The Labute approximate surface area is 164 Å². The van der Waals surface area contributed by atoms with Gasteiger partial charge in [0, 0.05) is 16.7 Å². The summed E-state index contributed by atoms with van der Waals surface area (Å²) >= 11 is 1.82. The minimum atomic E-state index is -0.241. The third kappa shape index (κ3) is 4.30. The molecule has 0 saturated carbocycles. The van der Waals surface area contributed by atoms with Gasteiger partial charge in [0.1, 0.15) is 10.8 Å². The van der Waals surface area contributed by atoms with Crippen molar-refractivity contribution in [2.45, 2.75) is 31.2 Å². The zero-order valence-corrected chi connectivity index (χ0v) is 16.5. The van der Waals surface area contributed by atoms with Gasteiger partial charge in [0.05, 0.1) is 25.2 Å². The lowest BCUT2D eigenvalue weighted by molar-refractivity contribution is -0.902. The van der Waals surface area contributed by atoms with Gasteiger partial charge in [-0.05, 0) is 56.0 Å². The minimum Gasteiger partial charge on any atom is -0.334 e. The van der Waals surface area contributed by atoms with Crippen molar-refractivity contribution in [3.8, 4) is 11.4 Å². The van der Waals surface area contributed by atoms with E-state index in [2.05, 4.69) is 25.1 Å². The van der Waals surface area contributed by atoms with Crippen molar-refractivity contribution >= 4 is 22.7 Å². The van der Waals surface area contributed by atoms with Gasteiger partial charge in [-0.1, -0.05) is 30.0 Å². The molecule has 2 heterocycles. The molecular formula is C22H25FN3S+. The number of halogens is 1. The van der Waals surface area contributed by atoms with Gasteiger partial charge in [-0.2, -0.15) is 0 Å². The molecule has 1 fully saturated rings. The smallest absolute Gasteiger partial charge is 0.161 e. The van der Waals surface area contributed by atoms with E-state index in [1.54, 1.807) is 17.0 Å². The van der Waals surface area contributed by atoms with Crippen LogP contribution in [-0.2, 0) is 0 Å². The fourth-order valence-corrected chi connectivity index (χ4v) is 4.75. The van der Waals surface area contributed by atoms with Crippen LogP contribution in [0.15, 0.2) is 47.5 Å². The molecule has 0 aliphatic carbocycles. The molecule has 1 aromatic heterocycles. The molecule has 1 saturated heterocycles. The zero-order valence-electron chi connectivity index (χ0n) is 15.7. The van der Waals surface area contributed by atoms with Crippen LogP contribution in [0.5, 0.6) is 0 Å². The van der Waals surface area contributed by atoms with Crippen molar-refractivity contribution in [3.05, 3.63) is 53.8 Å². The molecule has 1 N–H and O–H groups in total. The fourth-order valence-electron chi connectivity index (χ4n) is 3.70. The molecule has 4 rings (SSSR count). The van der Waals surface area contributed by atoms with E-state index in [-0.39, 0.29) is 5.82 Å². The Kier molecular flexibility index (Phi) is 5.69. The molecule has 140 valence electrons. The van der Waals surface area contributed by atoms with Gasteiger partial charge in [-0.3, -0.25) is 0 Å². The fraction of sp³-hybridized carbons (Fsp3) is 0.364. The average Bonchev–Trinajstić information content (AvgIpc) is 2.70. The number of benzene rings is 2. The Balaban J connectivity index is 1.63. The number of aryl methyl sites for hydroxylation is 1. The van der Waals surface area contributed by atoms with Gasteiger partial charge in [-0.15, -0.1) is 0 Å². The Hall–Kier alpha value is -1.98. The van der Waals surface area contributed by atoms with E-state index in [9.17, 15) is 4.39 Å². The van der Waals surface area contributed by atoms with E-state index in [1.807, 2.05) is 11.8 Å². The van der Waals surface area contributed by atoms with Crippen LogP contribution in [0.3, 0.4) is 0 Å². The summed E-state index contributed by atoms with van der Waals surface area (Å²) < 4.78 is 13.3. The molecule has 0 bridgehead atoms. The normalized spacial score (nSPS) is 15.3. The number of thioether (sulfide) groups is 1. The van der Waals surface area contributed by atoms with Crippen LogP contribution >= 0.6 is 11.8 Å². The van der Waals surface area contributed by atoms with Crippen molar-refractivity contribution in [2.75, 3.05) is 25.4 Å². The van der Waals surface area contributed by atoms with Crippen LogP contribution in [0, 0.1) is 12.7 Å². The SMILES string of the molecule is Cc1cccc2c(SCC[NH+]3CCCCC3)nc(-c3ccc(F)cc3)nc12. The Bertz CT molecular complexity index is 921. The first-order valence-corrected chi connectivity index (χ1v) is 10.7. The molecule has 1 aliphatic rings. The highest BCUT2D eigenvalue weighted by molar-refractivity contribution is 7.99. The van der Waals surface area contributed by atoms with Gasteiger partial charge in [0.25, 0.3) is 0 Å². The monoisotopic (exact) mass is 382 g/mol. The second-order valence-electron chi connectivity index (χ2n) is 7.24. The average molecular weight is 383 g/mol. The molecule has 0 radical (unpaired) electrons. The minimum absolute atomic E-state index is 0.241. The summed E-state index contributed by atoms with van der Waals surface area (Å²) in [6.07, 6.45) is 4.09. The second kappa shape index (κ2) is 8.36. The highest BCUT2D eigenvalue weighted by atomic mass is 32.2. The summed E-state index contributed by atoms with van der Waals surface area (Å²) in [5, 5.41) is 2.14. The summed E-state index contributed by atoms with van der Waals surface area (Å²) in [4.78, 5) is 11.3. The number of aromatic nitrogens is 2. The number of hydrogen-bond acceptors (Lipinski definition) is 3. The number of piperidine rings is 1. The summed E-state index contributed by atoms with van der Waals surface area (Å²) in [7, 11) is 0. The first kappa shape index (κ1) is 18.4. The topological polar surface area (TPSA) is 30.2 Å². The number of hydrogen-bond donors (Lipinski definition) is 1. The van der Waals surface area contributed by atoms with E-state index >= 15 is 0 Å². The molecule has 0 atom stereocenters. The number of nitrogens with one attached hydrogen (secondary N) is 1. The van der Waals surface area contributed by atoms with Gasteiger partial charge in [-0.25, -0.2) is 14.4 Å². The van der Waals surface area contributed by atoms with Crippen molar-refractivity contribution in [3.63, 3.8) is 0 Å². The number of quaternary nitrogens is 1. The van der Waals surface area contributed by atoms with E-state index in [1.165, 1.54) is 51.0 Å². The first-order chi connectivity index (χ1) is 13.2. The Morgan fingerprint density at radius 2 is 1.78 bits per heavy atom. The van der Waals surface area contributed by atoms with E-state index in [4.69, 9.17) is 9.97 Å².